The van der Waals surface area contributed by atoms with Crippen LogP contribution in [0.15, 0.2) is 0 Å². The van der Waals surface area contributed by atoms with Crippen molar-refractivity contribution >= 4 is 11.8 Å². The van der Waals surface area contributed by atoms with Gasteiger partial charge in [0.15, 0.2) is 0 Å². The van der Waals surface area contributed by atoms with Gasteiger partial charge < -0.3 is 20.7 Å². The largest absolute Gasteiger partial charge is 0.379 e. The maximum absolute atomic E-state index is 12.1. The highest BCUT2D eigenvalue weighted by molar-refractivity contribution is 5.81. The number of ether oxygens (including phenoxy) is 1. The molecule has 2 amide bonds. The standard InChI is InChI=1S/C14H25N3O3/c1-2-6-15-12-9-20-8-11(12)14(19)16-7-5-13(18)17-10-3-4-10/h10-12,15H,2-9H2,1H3,(H,16,19)(H,17,18). The van der Waals surface area contributed by atoms with Crippen LogP contribution in [0.25, 0.3) is 0 Å². The summed E-state index contributed by atoms with van der Waals surface area (Å²) in [5, 5.41) is 9.07. The number of hydrogen-bond donors (Lipinski definition) is 3. The molecule has 0 aromatic carbocycles. The number of amides is 2. The quantitative estimate of drug-likeness (QED) is 0.576. The van der Waals surface area contributed by atoms with E-state index in [9.17, 15) is 9.59 Å². The average molecular weight is 283 g/mol. The minimum Gasteiger partial charge on any atom is -0.379 e. The van der Waals surface area contributed by atoms with Gasteiger partial charge in [0, 0.05) is 25.0 Å². The Hall–Kier alpha value is -1.14. The molecule has 2 unspecified atom stereocenters. The summed E-state index contributed by atoms with van der Waals surface area (Å²) in [6, 6.07) is 0.472. The van der Waals surface area contributed by atoms with Gasteiger partial charge in [0.25, 0.3) is 0 Å². The molecule has 2 rings (SSSR count). The van der Waals surface area contributed by atoms with Gasteiger partial charge in [-0.15, -0.1) is 0 Å². The number of nitrogens with one attached hydrogen (secondary N) is 3. The molecular formula is C14H25N3O3. The molecule has 0 aromatic heterocycles. The molecule has 2 atom stereocenters. The van der Waals surface area contributed by atoms with E-state index < -0.39 is 0 Å². The van der Waals surface area contributed by atoms with E-state index in [0.29, 0.717) is 32.2 Å². The van der Waals surface area contributed by atoms with Crippen LogP contribution < -0.4 is 16.0 Å². The van der Waals surface area contributed by atoms with Crippen molar-refractivity contribution in [3.8, 4) is 0 Å². The van der Waals surface area contributed by atoms with Gasteiger partial charge in [0.1, 0.15) is 0 Å². The van der Waals surface area contributed by atoms with Crippen LogP contribution >= 0.6 is 0 Å². The Kier molecular flexibility index (Phi) is 5.79. The van der Waals surface area contributed by atoms with Crippen molar-refractivity contribution in [3.05, 3.63) is 0 Å². The fourth-order valence-corrected chi connectivity index (χ4v) is 2.30. The van der Waals surface area contributed by atoms with E-state index >= 15 is 0 Å². The summed E-state index contributed by atoms with van der Waals surface area (Å²) in [6.07, 6.45) is 3.56. The van der Waals surface area contributed by atoms with Crippen LogP contribution in [0.3, 0.4) is 0 Å². The summed E-state index contributed by atoms with van der Waals surface area (Å²) in [5.74, 6) is -0.139. The third kappa shape index (κ3) is 4.76. The van der Waals surface area contributed by atoms with Gasteiger partial charge in [-0.05, 0) is 25.8 Å². The first kappa shape index (κ1) is 15.3. The van der Waals surface area contributed by atoms with Gasteiger partial charge >= 0.3 is 0 Å². The minimum atomic E-state index is -0.145. The van der Waals surface area contributed by atoms with Crippen molar-refractivity contribution in [2.24, 2.45) is 5.92 Å². The van der Waals surface area contributed by atoms with Crippen molar-refractivity contribution in [1.82, 2.24) is 16.0 Å². The molecule has 20 heavy (non-hydrogen) atoms. The molecule has 114 valence electrons. The Labute approximate surface area is 120 Å². The van der Waals surface area contributed by atoms with E-state index in [2.05, 4.69) is 22.9 Å². The van der Waals surface area contributed by atoms with Crippen molar-refractivity contribution in [3.63, 3.8) is 0 Å². The molecule has 1 saturated carbocycles. The van der Waals surface area contributed by atoms with Gasteiger partial charge in [-0.3, -0.25) is 9.59 Å². The monoisotopic (exact) mass is 283 g/mol. The zero-order valence-corrected chi connectivity index (χ0v) is 12.1. The molecule has 6 nitrogen and oxygen atoms in total. The summed E-state index contributed by atoms with van der Waals surface area (Å²) in [5.41, 5.74) is 0. The number of carbonyl (C=O) groups excluding carboxylic acids is 2. The summed E-state index contributed by atoms with van der Waals surface area (Å²) in [7, 11) is 0. The van der Waals surface area contributed by atoms with Crippen molar-refractivity contribution in [2.75, 3.05) is 26.3 Å². The Morgan fingerprint density at radius 1 is 1.20 bits per heavy atom. The number of rotatable bonds is 8. The van der Waals surface area contributed by atoms with Crippen LogP contribution in [-0.2, 0) is 14.3 Å². The molecule has 1 aliphatic carbocycles. The molecule has 2 aliphatic rings. The van der Waals surface area contributed by atoms with E-state index in [0.717, 1.165) is 25.8 Å². The molecule has 1 saturated heterocycles. The van der Waals surface area contributed by atoms with Crippen LogP contribution in [0.1, 0.15) is 32.6 Å². The molecule has 2 fully saturated rings. The fraction of sp³-hybridized carbons (Fsp3) is 0.857. The molecule has 3 N–H and O–H groups in total. The van der Waals surface area contributed by atoms with Crippen molar-refractivity contribution in [2.45, 2.75) is 44.7 Å². The first-order valence-electron chi connectivity index (χ1n) is 7.59. The SMILES string of the molecule is CCCNC1COCC1C(=O)NCCC(=O)NC1CC1. The fourth-order valence-electron chi connectivity index (χ4n) is 2.30. The molecular weight excluding hydrogens is 258 g/mol. The van der Waals surface area contributed by atoms with Gasteiger partial charge in [-0.1, -0.05) is 6.92 Å². The first-order chi connectivity index (χ1) is 9.70. The second kappa shape index (κ2) is 7.59. The van der Waals surface area contributed by atoms with Gasteiger partial charge in [-0.25, -0.2) is 0 Å². The highest BCUT2D eigenvalue weighted by Crippen LogP contribution is 2.18. The summed E-state index contributed by atoms with van der Waals surface area (Å²) >= 11 is 0. The van der Waals surface area contributed by atoms with Gasteiger partial charge in [0.05, 0.1) is 19.1 Å². The summed E-state index contributed by atoms with van der Waals surface area (Å²) < 4.78 is 5.37. The van der Waals surface area contributed by atoms with Crippen molar-refractivity contribution < 1.29 is 14.3 Å². The third-order valence-corrected chi connectivity index (χ3v) is 3.67. The highest BCUT2D eigenvalue weighted by atomic mass is 16.5. The van der Waals surface area contributed by atoms with Crippen molar-refractivity contribution in [1.29, 1.82) is 0 Å². The Morgan fingerprint density at radius 2 is 2.00 bits per heavy atom. The van der Waals surface area contributed by atoms with Crippen LogP contribution in [-0.4, -0.2) is 50.2 Å². The van der Waals surface area contributed by atoms with Crippen LogP contribution in [0.4, 0.5) is 0 Å². The van der Waals surface area contributed by atoms with E-state index in [1.807, 2.05) is 0 Å². The maximum atomic E-state index is 12.1. The van der Waals surface area contributed by atoms with Gasteiger partial charge in [0.2, 0.25) is 11.8 Å². The first-order valence-corrected chi connectivity index (χ1v) is 7.59. The van der Waals surface area contributed by atoms with Crippen LogP contribution in [0.5, 0.6) is 0 Å². The predicted octanol–water partition coefficient (Wildman–Crippen LogP) is -0.214. The summed E-state index contributed by atoms with van der Waals surface area (Å²) in [6.45, 7) is 4.42. The van der Waals surface area contributed by atoms with Crippen LogP contribution in [0, 0.1) is 5.92 Å². The molecule has 0 bridgehead atoms. The molecule has 1 aliphatic heterocycles. The normalized spacial score (nSPS) is 25.4. The Morgan fingerprint density at radius 3 is 2.70 bits per heavy atom. The van der Waals surface area contributed by atoms with E-state index in [1.165, 1.54) is 0 Å². The topological polar surface area (TPSA) is 79.5 Å². The molecule has 6 heteroatoms. The highest BCUT2D eigenvalue weighted by Gasteiger charge is 2.33. The van der Waals surface area contributed by atoms with Gasteiger partial charge in [-0.2, -0.15) is 0 Å². The lowest BCUT2D eigenvalue weighted by molar-refractivity contribution is -0.125. The summed E-state index contributed by atoms with van der Waals surface area (Å²) in [4.78, 5) is 23.6. The minimum absolute atomic E-state index is 0.0182. The lowest BCUT2D eigenvalue weighted by Crippen LogP contribution is -2.44. The zero-order chi connectivity index (χ0) is 14.4. The van der Waals surface area contributed by atoms with E-state index in [-0.39, 0.29) is 23.8 Å². The smallest absolute Gasteiger partial charge is 0.227 e. The maximum Gasteiger partial charge on any atom is 0.227 e. The molecule has 1 heterocycles. The number of carbonyl (C=O) groups is 2. The Balaban J connectivity index is 1.63. The molecule has 0 aromatic rings. The number of hydrogen-bond acceptors (Lipinski definition) is 4. The second-order valence-corrected chi connectivity index (χ2v) is 5.59. The molecule has 0 radical (unpaired) electrons. The van der Waals surface area contributed by atoms with Crippen LogP contribution in [0.2, 0.25) is 0 Å². The zero-order valence-electron chi connectivity index (χ0n) is 12.1. The molecule has 0 spiro atoms. The predicted molar refractivity (Wildman–Crippen MR) is 75.2 cm³/mol. The third-order valence-electron chi connectivity index (χ3n) is 3.67. The lowest BCUT2D eigenvalue weighted by atomic mass is 10.0. The second-order valence-electron chi connectivity index (χ2n) is 5.59. The average Bonchev–Trinajstić information content (AvgIpc) is 3.10. The van der Waals surface area contributed by atoms with E-state index in [1.54, 1.807) is 0 Å². The van der Waals surface area contributed by atoms with E-state index in [4.69, 9.17) is 4.74 Å². The Bertz CT molecular complexity index is 345. The lowest BCUT2D eigenvalue weighted by Gasteiger charge is -2.18.